The van der Waals surface area contributed by atoms with Gasteiger partial charge in [0.1, 0.15) is 5.70 Å². The fourth-order valence-corrected chi connectivity index (χ4v) is 2.72. The van der Waals surface area contributed by atoms with E-state index in [0.717, 1.165) is 44.9 Å². The lowest BCUT2D eigenvalue weighted by atomic mass is 10.1. The summed E-state index contributed by atoms with van der Waals surface area (Å²) in [6.45, 7) is 7.34. The first-order chi connectivity index (χ1) is 9.95. The summed E-state index contributed by atoms with van der Waals surface area (Å²) in [5, 5.41) is 3.46. The molecule has 0 N–H and O–H groups in total. The number of halogens is 3. The highest BCUT2D eigenvalue weighted by Crippen LogP contribution is 2.37. The van der Waals surface area contributed by atoms with Crippen LogP contribution in [0.4, 0.5) is 13.2 Å². The molecule has 1 aliphatic rings. The number of rotatable bonds is 9. The average Bonchev–Trinajstić information content (AvgIpc) is 2.78. The molecule has 0 saturated carbocycles. The predicted octanol–water partition coefficient (Wildman–Crippen LogP) is 5.12. The number of nitrogens with zero attached hydrogens (tertiary/aromatic N) is 2. The molecule has 0 aromatic rings. The fourth-order valence-electron chi connectivity index (χ4n) is 2.72. The SMILES string of the molecule is CCCCC1C=C(C(F)(F)F)N(CCCC)N1CCCC. The van der Waals surface area contributed by atoms with Gasteiger partial charge in [-0.1, -0.05) is 46.5 Å². The van der Waals surface area contributed by atoms with Crippen molar-refractivity contribution in [1.29, 1.82) is 0 Å². The molecule has 0 aliphatic carbocycles. The highest BCUT2D eigenvalue weighted by molar-refractivity contribution is 5.17. The van der Waals surface area contributed by atoms with E-state index in [1.165, 1.54) is 11.1 Å². The van der Waals surface area contributed by atoms with E-state index in [2.05, 4.69) is 13.8 Å². The summed E-state index contributed by atoms with van der Waals surface area (Å²) in [4.78, 5) is 0. The lowest BCUT2D eigenvalue weighted by Gasteiger charge is -2.36. The largest absolute Gasteiger partial charge is 0.432 e. The van der Waals surface area contributed by atoms with Crippen LogP contribution in [0.25, 0.3) is 0 Å². The Morgan fingerprint density at radius 1 is 0.952 bits per heavy atom. The maximum Gasteiger partial charge on any atom is 0.432 e. The third-order valence-corrected chi connectivity index (χ3v) is 3.93. The second kappa shape index (κ2) is 8.66. The molecule has 1 heterocycles. The zero-order chi connectivity index (χ0) is 15.9. The molecule has 1 rings (SSSR count). The molecule has 0 bridgehead atoms. The molecule has 124 valence electrons. The summed E-state index contributed by atoms with van der Waals surface area (Å²) >= 11 is 0. The number of unbranched alkanes of at least 4 members (excludes halogenated alkanes) is 3. The van der Waals surface area contributed by atoms with E-state index in [1.807, 2.05) is 11.9 Å². The Hall–Kier alpha value is -0.710. The highest BCUT2D eigenvalue weighted by atomic mass is 19.4. The van der Waals surface area contributed by atoms with Crippen LogP contribution in [0.3, 0.4) is 0 Å². The normalized spacial score (nSPS) is 20.2. The lowest BCUT2D eigenvalue weighted by Crippen LogP contribution is -2.45. The first-order valence-electron chi connectivity index (χ1n) is 8.28. The van der Waals surface area contributed by atoms with Crippen LogP contribution in [0.2, 0.25) is 0 Å². The van der Waals surface area contributed by atoms with Crippen molar-refractivity contribution in [3.05, 3.63) is 11.8 Å². The van der Waals surface area contributed by atoms with Crippen molar-refractivity contribution in [2.75, 3.05) is 13.1 Å². The smallest absolute Gasteiger partial charge is 0.301 e. The van der Waals surface area contributed by atoms with Crippen LogP contribution in [0, 0.1) is 0 Å². The summed E-state index contributed by atoms with van der Waals surface area (Å²) in [6.07, 6.45) is 3.62. The first kappa shape index (κ1) is 18.3. The molecule has 2 nitrogen and oxygen atoms in total. The summed E-state index contributed by atoms with van der Waals surface area (Å²) in [5.74, 6) is 0. The van der Waals surface area contributed by atoms with Crippen LogP contribution < -0.4 is 0 Å². The zero-order valence-corrected chi connectivity index (χ0v) is 13.5. The minimum Gasteiger partial charge on any atom is -0.301 e. The van der Waals surface area contributed by atoms with Gasteiger partial charge >= 0.3 is 6.18 Å². The third kappa shape index (κ3) is 5.20. The Bertz CT molecular complexity index is 326. The van der Waals surface area contributed by atoms with Crippen LogP contribution in [-0.2, 0) is 0 Å². The van der Waals surface area contributed by atoms with E-state index in [4.69, 9.17) is 0 Å². The molecule has 0 spiro atoms. The Kier molecular flexibility index (Phi) is 7.57. The van der Waals surface area contributed by atoms with E-state index in [9.17, 15) is 13.2 Å². The van der Waals surface area contributed by atoms with Crippen molar-refractivity contribution in [1.82, 2.24) is 10.0 Å². The van der Waals surface area contributed by atoms with E-state index in [-0.39, 0.29) is 6.04 Å². The molecular formula is C16H29F3N2. The van der Waals surface area contributed by atoms with Gasteiger partial charge in [0, 0.05) is 19.1 Å². The van der Waals surface area contributed by atoms with Gasteiger partial charge in [-0.2, -0.15) is 13.2 Å². The van der Waals surface area contributed by atoms with Crippen molar-refractivity contribution >= 4 is 0 Å². The molecule has 21 heavy (non-hydrogen) atoms. The fraction of sp³-hybridized carbons (Fsp3) is 0.875. The van der Waals surface area contributed by atoms with Gasteiger partial charge in [0.25, 0.3) is 0 Å². The standard InChI is InChI=1S/C16H29F3N2/c1-4-7-10-14-13-15(16(17,18)19)21(12-9-6-3)20(14)11-8-5-2/h13-14H,4-12H2,1-3H3. The first-order valence-corrected chi connectivity index (χ1v) is 8.28. The van der Waals surface area contributed by atoms with Gasteiger partial charge in [0.15, 0.2) is 0 Å². The summed E-state index contributed by atoms with van der Waals surface area (Å²) < 4.78 is 39.9. The highest BCUT2D eigenvalue weighted by Gasteiger charge is 2.45. The summed E-state index contributed by atoms with van der Waals surface area (Å²) in [6, 6.07) is -0.0926. The number of alkyl halides is 3. The van der Waals surface area contributed by atoms with Crippen molar-refractivity contribution < 1.29 is 13.2 Å². The van der Waals surface area contributed by atoms with E-state index in [0.29, 0.717) is 13.1 Å². The van der Waals surface area contributed by atoms with E-state index < -0.39 is 11.9 Å². The molecular weight excluding hydrogens is 277 g/mol. The predicted molar refractivity (Wildman–Crippen MR) is 80.7 cm³/mol. The molecule has 0 aromatic carbocycles. The second-order valence-electron chi connectivity index (χ2n) is 5.75. The van der Waals surface area contributed by atoms with E-state index in [1.54, 1.807) is 0 Å². The maximum atomic E-state index is 13.3. The van der Waals surface area contributed by atoms with Crippen LogP contribution in [-0.4, -0.2) is 35.3 Å². The average molecular weight is 306 g/mol. The number of hydrogen-bond donors (Lipinski definition) is 0. The third-order valence-electron chi connectivity index (χ3n) is 3.93. The van der Waals surface area contributed by atoms with Gasteiger partial charge in [-0.3, -0.25) is 0 Å². The number of hydrazine groups is 1. The number of hydrogen-bond acceptors (Lipinski definition) is 2. The lowest BCUT2D eigenvalue weighted by molar-refractivity contribution is -0.134. The van der Waals surface area contributed by atoms with Crippen molar-refractivity contribution in [3.8, 4) is 0 Å². The van der Waals surface area contributed by atoms with Crippen LogP contribution in [0.15, 0.2) is 11.8 Å². The zero-order valence-electron chi connectivity index (χ0n) is 13.5. The molecule has 1 atom stereocenters. The second-order valence-corrected chi connectivity index (χ2v) is 5.75. The Labute approximate surface area is 127 Å². The molecule has 0 aromatic heterocycles. The van der Waals surface area contributed by atoms with Crippen molar-refractivity contribution in [2.45, 2.75) is 77.9 Å². The Morgan fingerprint density at radius 2 is 1.52 bits per heavy atom. The summed E-state index contributed by atoms with van der Waals surface area (Å²) in [7, 11) is 0. The summed E-state index contributed by atoms with van der Waals surface area (Å²) in [5.41, 5.74) is -0.451. The van der Waals surface area contributed by atoms with Gasteiger partial charge in [-0.25, -0.2) is 5.01 Å². The Balaban J connectivity index is 2.90. The maximum absolute atomic E-state index is 13.3. The number of allylic oxidation sites excluding steroid dienone is 1. The van der Waals surface area contributed by atoms with Crippen LogP contribution in [0.1, 0.15) is 65.7 Å². The van der Waals surface area contributed by atoms with Crippen molar-refractivity contribution in [2.24, 2.45) is 0 Å². The van der Waals surface area contributed by atoms with Gasteiger partial charge < -0.3 is 5.01 Å². The topological polar surface area (TPSA) is 6.48 Å². The Morgan fingerprint density at radius 3 is 2.05 bits per heavy atom. The minimum atomic E-state index is -4.25. The monoisotopic (exact) mass is 306 g/mol. The quantitative estimate of drug-likeness (QED) is 0.583. The molecule has 0 saturated heterocycles. The van der Waals surface area contributed by atoms with Crippen LogP contribution in [0.5, 0.6) is 0 Å². The van der Waals surface area contributed by atoms with Gasteiger partial charge in [-0.15, -0.1) is 0 Å². The van der Waals surface area contributed by atoms with Crippen molar-refractivity contribution in [3.63, 3.8) is 0 Å². The molecule has 0 amide bonds. The molecule has 0 radical (unpaired) electrons. The van der Waals surface area contributed by atoms with Gasteiger partial charge in [0.2, 0.25) is 0 Å². The minimum absolute atomic E-state index is 0.0926. The van der Waals surface area contributed by atoms with Gasteiger partial charge in [-0.05, 0) is 25.3 Å². The molecule has 5 heteroatoms. The molecule has 1 aliphatic heterocycles. The van der Waals surface area contributed by atoms with Crippen LogP contribution >= 0.6 is 0 Å². The molecule has 0 fully saturated rings. The van der Waals surface area contributed by atoms with Gasteiger partial charge in [0.05, 0.1) is 0 Å². The molecule has 1 unspecified atom stereocenters. The van der Waals surface area contributed by atoms with E-state index >= 15 is 0 Å².